The van der Waals surface area contributed by atoms with Crippen LogP contribution in [0.15, 0.2) is 30.6 Å². The highest BCUT2D eigenvalue weighted by atomic mass is 16.4. The Morgan fingerprint density at radius 3 is 2.78 bits per heavy atom. The number of rotatable bonds is 4. The van der Waals surface area contributed by atoms with E-state index >= 15 is 0 Å². The van der Waals surface area contributed by atoms with Gasteiger partial charge >= 0.3 is 5.97 Å². The van der Waals surface area contributed by atoms with Gasteiger partial charge in [0.15, 0.2) is 5.82 Å². The first kappa shape index (κ1) is 12.0. The summed E-state index contributed by atoms with van der Waals surface area (Å²) in [6, 6.07) is 5.44. The van der Waals surface area contributed by atoms with Crippen LogP contribution < -0.4 is 5.32 Å². The fourth-order valence-electron chi connectivity index (χ4n) is 1.51. The zero-order chi connectivity index (χ0) is 13.0. The van der Waals surface area contributed by atoms with E-state index < -0.39 is 5.97 Å². The summed E-state index contributed by atoms with van der Waals surface area (Å²) >= 11 is 0. The SMILES string of the molecule is O=C(O)CCC(=O)Nc1nccc2cccnc12. The minimum Gasteiger partial charge on any atom is -0.481 e. The number of carbonyl (C=O) groups excluding carboxylic acids is 1. The number of carboxylic acids is 1. The monoisotopic (exact) mass is 245 g/mol. The molecule has 2 heterocycles. The average Bonchev–Trinajstić information content (AvgIpc) is 2.37. The Balaban J connectivity index is 2.16. The van der Waals surface area contributed by atoms with Crippen LogP contribution in [0.4, 0.5) is 5.82 Å². The number of carboxylic acid groups (broad SMARTS) is 1. The van der Waals surface area contributed by atoms with Crippen molar-refractivity contribution in [2.75, 3.05) is 5.32 Å². The van der Waals surface area contributed by atoms with Crippen molar-refractivity contribution in [1.29, 1.82) is 0 Å². The Hall–Kier alpha value is -2.50. The summed E-state index contributed by atoms with van der Waals surface area (Å²) in [6.45, 7) is 0. The lowest BCUT2D eigenvalue weighted by molar-refractivity contribution is -0.138. The van der Waals surface area contributed by atoms with Gasteiger partial charge in [0.25, 0.3) is 0 Å². The van der Waals surface area contributed by atoms with E-state index in [9.17, 15) is 9.59 Å². The molecule has 0 atom stereocenters. The van der Waals surface area contributed by atoms with Crippen molar-refractivity contribution >= 4 is 28.6 Å². The molecule has 0 bridgehead atoms. The topological polar surface area (TPSA) is 92.2 Å². The van der Waals surface area contributed by atoms with Gasteiger partial charge in [0, 0.05) is 24.2 Å². The van der Waals surface area contributed by atoms with E-state index in [1.54, 1.807) is 24.5 Å². The van der Waals surface area contributed by atoms with Gasteiger partial charge in [-0.2, -0.15) is 0 Å². The summed E-state index contributed by atoms with van der Waals surface area (Å²) in [6.07, 6.45) is 2.89. The molecule has 0 aliphatic rings. The number of pyridine rings is 2. The Bertz CT molecular complexity index is 593. The van der Waals surface area contributed by atoms with E-state index in [1.807, 2.05) is 6.07 Å². The largest absolute Gasteiger partial charge is 0.481 e. The highest BCUT2D eigenvalue weighted by molar-refractivity contribution is 5.98. The minimum absolute atomic E-state index is 0.0831. The van der Waals surface area contributed by atoms with E-state index in [0.29, 0.717) is 11.3 Å². The van der Waals surface area contributed by atoms with Gasteiger partial charge in [-0.3, -0.25) is 14.6 Å². The van der Waals surface area contributed by atoms with Crippen molar-refractivity contribution in [1.82, 2.24) is 9.97 Å². The van der Waals surface area contributed by atoms with Crippen LogP contribution in [0.2, 0.25) is 0 Å². The molecular weight excluding hydrogens is 234 g/mol. The molecule has 0 spiro atoms. The molecular formula is C12H11N3O3. The molecule has 0 fully saturated rings. The molecule has 0 aromatic carbocycles. The predicted octanol–water partition coefficient (Wildman–Crippen LogP) is 1.43. The van der Waals surface area contributed by atoms with Crippen molar-refractivity contribution in [2.45, 2.75) is 12.8 Å². The van der Waals surface area contributed by atoms with E-state index in [0.717, 1.165) is 5.39 Å². The maximum atomic E-state index is 11.5. The van der Waals surface area contributed by atoms with E-state index in [4.69, 9.17) is 5.11 Å². The smallest absolute Gasteiger partial charge is 0.303 e. The zero-order valence-corrected chi connectivity index (χ0v) is 9.46. The Morgan fingerprint density at radius 2 is 2.00 bits per heavy atom. The first-order valence-corrected chi connectivity index (χ1v) is 5.38. The summed E-state index contributed by atoms with van der Waals surface area (Å²) in [4.78, 5) is 30.0. The van der Waals surface area contributed by atoms with Crippen molar-refractivity contribution in [3.63, 3.8) is 0 Å². The summed E-state index contributed by atoms with van der Waals surface area (Å²) in [5.41, 5.74) is 0.587. The van der Waals surface area contributed by atoms with Crippen LogP contribution in [0.3, 0.4) is 0 Å². The molecule has 18 heavy (non-hydrogen) atoms. The number of nitrogens with zero attached hydrogens (tertiary/aromatic N) is 2. The van der Waals surface area contributed by atoms with Crippen molar-refractivity contribution < 1.29 is 14.7 Å². The lowest BCUT2D eigenvalue weighted by Gasteiger charge is -2.05. The summed E-state index contributed by atoms with van der Waals surface area (Å²) in [5.74, 6) is -1.04. The Kier molecular flexibility index (Phi) is 3.47. The fraction of sp³-hybridized carbons (Fsp3) is 0.167. The molecule has 2 rings (SSSR count). The van der Waals surface area contributed by atoms with Gasteiger partial charge in [0.2, 0.25) is 5.91 Å². The van der Waals surface area contributed by atoms with Gasteiger partial charge in [-0.1, -0.05) is 6.07 Å². The second kappa shape index (κ2) is 5.22. The number of amides is 1. The molecule has 2 aromatic heterocycles. The molecule has 92 valence electrons. The summed E-state index contributed by atoms with van der Waals surface area (Å²) in [5, 5.41) is 11.9. The lowest BCUT2D eigenvalue weighted by atomic mass is 10.2. The second-order valence-electron chi connectivity index (χ2n) is 3.68. The van der Waals surface area contributed by atoms with Gasteiger partial charge in [-0.15, -0.1) is 0 Å². The molecule has 6 heteroatoms. The van der Waals surface area contributed by atoms with Crippen LogP contribution in [0, 0.1) is 0 Å². The van der Waals surface area contributed by atoms with Crippen LogP contribution in [-0.2, 0) is 9.59 Å². The van der Waals surface area contributed by atoms with Crippen molar-refractivity contribution in [3.8, 4) is 0 Å². The van der Waals surface area contributed by atoms with E-state index in [2.05, 4.69) is 15.3 Å². The third kappa shape index (κ3) is 2.79. The van der Waals surface area contributed by atoms with Crippen LogP contribution in [0.25, 0.3) is 10.9 Å². The molecule has 0 saturated carbocycles. The Labute approximate surface area is 103 Å². The molecule has 1 amide bonds. The number of nitrogens with one attached hydrogen (secondary N) is 1. The fourth-order valence-corrected chi connectivity index (χ4v) is 1.51. The number of carbonyl (C=O) groups is 2. The van der Waals surface area contributed by atoms with Gasteiger partial charge in [0.05, 0.1) is 6.42 Å². The molecule has 2 N–H and O–H groups in total. The predicted molar refractivity (Wildman–Crippen MR) is 65.0 cm³/mol. The third-order valence-electron chi connectivity index (χ3n) is 2.34. The lowest BCUT2D eigenvalue weighted by Crippen LogP contribution is -2.14. The molecule has 0 radical (unpaired) electrons. The molecule has 0 unspecified atom stereocenters. The Morgan fingerprint density at radius 1 is 1.17 bits per heavy atom. The minimum atomic E-state index is -1.01. The highest BCUT2D eigenvalue weighted by Crippen LogP contribution is 2.17. The van der Waals surface area contributed by atoms with Crippen LogP contribution in [0.1, 0.15) is 12.8 Å². The maximum absolute atomic E-state index is 11.5. The third-order valence-corrected chi connectivity index (χ3v) is 2.34. The van der Waals surface area contributed by atoms with E-state index in [-0.39, 0.29) is 18.7 Å². The first-order chi connectivity index (χ1) is 8.66. The van der Waals surface area contributed by atoms with Gasteiger partial charge in [-0.25, -0.2) is 4.98 Å². The maximum Gasteiger partial charge on any atom is 0.303 e. The van der Waals surface area contributed by atoms with Crippen LogP contribution in [-0.4, -0.2) is 27.0 Å². The summed E-state index contributed by atoms with van der Waals surface area (Å²) < 4.78 is 0. The first-order valence-electron chi connectivity index (χ1n) is 5.38. The molecule has 2 aromatic rings. The normalized spacial score (nSPS) is 10.2. The van der Waals surface area contributed by atoms with Gasteiger partial charge < -0.3 is 10.4 Å². The number of hydrogen-bond acceptors (Lipinski definition) is 4. The molecule has 6 nitrogen and oxygen atoms in total. The van der Waals surface area contributed by atoms with E-state index in [1.165, 1.54) is 0 Å². The summed E-state index contributed by atoms with van der Waals surface area (Å²) in [7, 11) is 0. The van der Waals surface area contributed by atoms with Crippen LogP contribution in [0.5, 0.6) is 0 Å². The number of aromatic nitrogens is 2. The zero-order valence-electron chi connectivity index (χ0n) is 9.46. The molecule has 0 aliphatic heterocycles. The average molecular weight is 245 g/mol. The standard InChI is InChI=1S/C12H11N3O3/c16-9(3-4-10(17)18)15-12-11-8(5-7-14-12)2-1-6-13-11/h1-2,5-7H,3-4H2,(H,17,18)(H,14,15,16). The van der Waals surface area contributed by atoms with Crippen molar-refractivity contribution in [3.05, 3.63) is 30.6 Å². The van der Waals surface area contributed by atoms with Crippen LogP contribution >= 0.6 is 0 Å². The van der Waals surface area contributed by atoms with Gasteiger partial charge in [0.1, 0.15) is 5.52 Å². The highest BCUT2D eigenvalue weighted by Gasteiger charge is 2.09. The molecule has 0 saturated heterocycles. The number of hydrogen-bond donors (Lipinski definition) is 2. The number of fused-ring (bicyclic) bond motifs is 1. The second-order valence-corrected chi connectivity index (χ2v) is 3.68. The molecule has 0 aliphatic carbocycles. The van der Waals surface area contributed by atoms with Crippen molar-refractivity contribution in [2.24, 2.45) is 0 Å². The number of anilines is 1. The quantitative estimate of drug-likeness (QED) is 0.850. The van der Waals surface area contributed by atoms with Gasteiger partial charge in [-0.05, 0) is 12.1 Å². The number of aliphatic carboxylic acids is 1.